The maximum atomic E-state index is 4.24. The van der Waals surface area contributed by atoms with Crippen LogP contribution >= 0.6 is 27.7 Å². The minimum atomic E-state index is 0.710. The van der Waals surface area contributed by atoms with Crippen molar-refractivity contribution in [2.24, 2.45) is 0 Å². The first kappa shape index (κ1) is 7.61. The molecule has 1 aliphatic rings. The Kier molecular flexibility index (Phi) is 2.18. The van der Waals surface area contributed by atoms with Crippen LogP contribution in [0.4, 0.5) is 0 Å². The van der Waals surface area contributed by atoms with Gasteiger partial charge in [-0.1, -0.05) is 11.8 Å². The molecule has 0 amide bonds. The zero-order chi connectivity index (χ0) is 7.68. The maximum Gasteiger partial charge on any atom is 0.218 e. The van der Waals surface area contributed by atoms with Gasteiger partial charge in [-0.05, 0) is 28.8 Å². The molecule has 0 aromatic carbocycles. The summed E-state index contributed by atoms with van der Waals surface area (Å²) in [7, 11) is 0. The van der Waals surface area contributed by atoms with Crippen LogP contribution in [0.15, 0.2) is 9.89 Å². The van der Waals surface area contributed by atoms with Gasteiger partial charge in [0.15, 0.2) is 5.16 Å². The maximum absolute atomic E-state index is 4.24. The third-order valence-electron chi connectivity index (χ3n) is 1.61. The van der Waals surface area contributed by atoms with E-state index < -0.39 is 0 Å². The Labute approximate surface area is 77.7 Å². The molecule has 0 saturated carbocycles. The topological polar surface area (TPSA) is 30.7 Å². The molecule has 11 heavy (non-hydrogen) atoms. The van der Waals surface area contributed by atoms with E-state index in [0.29, 0.717) is 4.73 Å². The van der Waals surface area contributed by atoms with E-state index in [4.69, 9.17) is 0 Å². The predicted octanol–water partition coefficient (Wildman–Crippen LogP) is 1.93. The summed E-state index contributed by atoms with van der Waals surface area (Å²) >= 11 is 5.05. The molecule has 1 aromatic heterocycles. The van der Waals surface area contributed by atoms with Crippen molar-refractivity contribution in [2.45, 2.75) is 24.5 Å². The van der Waals surface area contributed by atoms with Gasteiger partial charge in [0, 0.05) is 12.3 Å². The molecule has 0 bridgehead atoms. The lowest BCUT2D eigenvalue weighted by Crippen LogP contribution is -1.98. The summed E-state index contributed by atoms with van der Waals surface area (Å²) in [4.78, 5) is 4.24. The SMILES string of the molecule is Brc1nc2n(n1)CCCCS2. The molecule has 5 heteroatoms. The second-order valence-electron chi connectivity index (χ2n) is 2.44. The van der Waals surface area contributed by atoms with Gasteiger partial charge >= 0.3 is 0 Å². The van der Waals surface area contributed by atoms with Crippen LogP contribution in [0.5, 0.6) is 0 Å². The van der Waals surface area contributed by atoms with Crippen molar-refractivity contribution in [3.05, 3.63) is 4.73 Å². The van der Waals surface area contributed by atoms with Crippen molar-refractivity contribution < 1.29 is 0 Å². The molecule has 0 spiro atoms. The van der Waals surface area contributed by atoms with Gasteiger partial charge in [-0.2, -0.15) is 4.98 Å². The molecule has 0 atom stereocenters. The Balaban J connectivity index is 2.32. The second-order valence-corrected chi connectivity index (χ2v) is 4.21. The highest BCUT2D eigenvalue weighted by molar-refractivity contribution is 9.10. The fraction of sp³-hybridized carbons (Fsp3) is 0.667. The standard InChI is InChI=1S/C6H8BrN3S/c7-5-8-6-10(9-5)3-1-2-4-11-6/h1-4H2. The largest absolute Gasteiger partial charge is 0.240 e. The molecule has 0 radical (unpaired) electrons. The number of hydrogen-bond acceptors (Lipinski definition) is 3. The van der Waals surface area contributed by atoms with E-state index in [9.17, 15) is 0 Å². The number of rotatable bonds is 0. The van der Waals surface area contributed by atoms with Crippen LogP contribution in [0.2, 0.25) is 0 Å². The van der Waals surface area contributed by atoms with Crippen molar-refractivity contribution in [2.75, 3.05) is 5.75 Å². The highest BCUT2D eigenvalue weighted by Crippen LogP contribution is 2.22. The van der Waals surface area contributed by atoms with Gasteiger partial charge in [-0.15, -0.1) is 5.10 Å². The first-order valence-electron chi connectivity index (χ1n) is 3.59. The lowest BCUT2D eigenvalue weighted by atomic mass is 10.3. The zero-order valence-electron chi connectivity index (χ0n) is 5.96. The lowest BCUT2D eigenvalue weighted by Gasteiger charge is -1.95. The van der Waals surface area contributed by atoms with Gasteiger partial charge in [-0.25, -0.2) is 4.68 Å². The number of thioether (sulfide) groups is 1. The molecular weight excluding hydrogens is 226 g/mol. The summed E-state index contributed by atoms with van der Waals surface area (Å²) in [6, 6.07) is 0. The molecule has 0 aliphatic carbocycles. The smallest absolute Gasteiger partial charge is 0.218 e. The Bertz CT molecular complexity index is 237. The highest BCUT2D eigenvalue weighted by Gasteiger charge is 2.11. The fourth-order valence-electron chi connectivity index (χ4n) is 1.08. The Morgan fingerprint density at radius 3 is 3.27 bits per heavy atom. The molecule has 0 saturated heterocycles. The van der Waals surface area contributed by atoms with Crippen LogP contribution in [0.1, 0.15) is 12.8 Å². The molecule has 0 unspecified atom stereocenters. The average Bonchev–Trinajstić information content (AvgIpc) is 2.17. The van der Waals surface area contributed by atoms with Gasteiger partial charge in [-0.3, -0.25) is 0 Å². The molecule has 2 rings (SSSR count). The Morgan fingerprint density at radius 2 is 2.36 bits per heavy atom. The monoisotopic (exact) mass is 233 g/mol. The minimum absolute atomic E-state index is 0.710. The summed E-state index contributed by atoms with van der Waals surface area (Å²) in [6.07, 6.45) is 2.49. The van der Waals surface area contributed by atoms with Gasteiger partial charge < -0.3 is 0 Å². The van der Waals surface area contributed by atoms with Gasteiger partial charge in [0.2, 0.25) is 4.73 Å². The van der Waals surface area contributed by atoms with Crippen LogP contribution in [-0.4, -0.2) is 20.5 Å². The van der Waals surface area contributed by atoms with E-state index in [-0.39, 0.29) is 0 Å². The lowest BCUT2D eigenvalue weighted by molar-refractivity contribution is 0.537. The van der Waals surface area contributed by atoms with E-state index in [1.54, 1.807) is 11.8 Å². The summed E-state index contributed by atoms with van der Waals surface area (Å²) < 4.78 is 2.68. The number of halogens is 1. The average molecular weight is 234 g/mol. The molecule has 0 N–H and O–H groups in total. The van der Waals surface area contributed by atoms with Crippen LogP contribution in [0.3, 0.4) is 0 Å². The predicted molar refractivity (Wildman–Crippen MR) is 47.7 cm³/mol. The molecular formula is C6H8BrN3S. The third kappa shape index (κ3) is 1.59. The summed E-state index contributed by atoms with van der Waals surface area (Å²) in [5, 5.41) is 5.26. The quantitative estimate of drug-likeness (QED) is 0.687. The number of nitrogens with zero attached hydrogens (tertiary/aromatic N) is 3. The van der Waals surface area contributed by atoms with E-state index in [0.717, 1.165) is 11.7 Å². The van der Waals surface area contributed by atoms with Crippen LogP contribution in [-0.2, 0) is 6.54 Å². The number of fused-ring (bicyclic) bond motifs is 1. The normalized spacial score (nSPS) is 17.5. The number of aryl methyl sites for hydroxylation is 1. The van der Waals surface area contributed by atoms with E-state index in [2.05, 4.69) is 26.0 Å². The molecule has 0 fully saturated rings. The van der Waals surface area contributed by atoms with E-state index in [1.807, 2.05) is 4.68 Å². The van der Waals surface area contributed by atoms with Crippen LogP contribution in [0, 0.1) is 0 Å². The van der Waals surface area contributed by atoms with Gasteiger partial charge in [0.25, 0.3) is 0 Å². The van der Waals surface area contributed by atoms with Crippen molar-refractivity contribution in [1.29, 1.82) is 0 Å². The fourth-order valence-corrected chi connectivity index (χ4v) is 2.52. The van der Waals surface area contributed by atoms with Crippen LogP contribution in [0.25, 0.3) is 0 Å². The summed E-state index contributed by atoms with van der Waals surface area (Å²) in [5.74, 6) is 1.17. The van der Waals surface area contributed by atoms with Crippen molar-refractivity contribution >= 4 is 27.7 Å². The Hall–Kier alpha value is -0.0300. The van der Waals surface area contributed by atoms with Gasteiger partial charge in [0.1, 0.15) is 0 Å². The van der Waals surface area contributed by atoms with Crippen LogP contribution < -0.4 is 0 Å². The molecule has 1 aromatic rings. The summed E-state index contributed by atoms with van der Waals surface area (Å²) in [6.45, 7) is 1.01. The Morgan fingerprint density at radius 1 is 1.45 bits per heavy atom. The molecule has 1 aliphatic heterocycles. The molecule has 2 heterocycles. The van der Waals surface area contributed by atoms with E-state index >= 15 is 0 Å². The first-order chi connectivity index (χ1) is 5.36. The first-order valence-corrected chi connectivity index (χ1v) is 5.37. The van der Waals surface area contributed by atoms with Gasteiger partial charge in [0.05, 0.1) is 0 Å². The van der Waals surface area contributed by atoms with Crippen molar-refractivity contribution in [3.8, 4) is 0 Å². The summed E-state index contributed by atoms with van der Waals surface area (Å²) in [5.41, 5.74) is 0. The third-order valence-corrected chi connectivity index (χ3v) is 3.00. The van der Waals surface area contributed by atoms with Crippen molar-refractivity contribution in [1.82, 2.24) is 14.8 Å². The minimum Gasteiger partial charge on any atom is -0.240 e. The van der Waals surface area contributed by atoms with Crippen molar-refractivity contribution in [3.63, 3.8) is 0 Å². The van der Waals surface area contributed by atoms with E-state index in [1.165, 1.54) is 18.6 Å². The number of aromatic nitrogens is 3. The molecule has 3 nitrogen and oxygen atoms in total. The number of hydrogen-bond donors (Lipinski definition) is 0. The zero-order valence-corrected chi connectivity index (χ0v) is 8.36. The molecule has 60 valence electrons. The second kappa shape index (κ2) is 3.15. The highest BCUT2D eigenvalue weighted by atomic mass is 79.9.